The number of hydrogen-bond donors (Lipinski definition) is 0. The van der Waals surface area contributed by atoms with E-state index in [1.807, 2.05) is 0 Å². The predicted molar refractivity (Wildman–Crippen MR) is 61.0 cm³/mol. The number of hydrogen-bond acceptors (Lipinski definition) is 2. The maximum atomic E-state index is 12.5. The molecule has 0 atom stereocenters. The summed E-state index contributed by atoms with van der Waals surface area (Å²) >= 11 is 1.26. The maximum absolute atomic E-state index is 12.5. The number of thioether (sulfide) groups is 1. The Bertz CT molecular complexity index is 336. The zero-order valence-corrected chi connectivity index (χ0v) is 9.91. The summed E-state index contributed by atoms with van der Waals surface area (Å²) in [5.74, 6) is -0.143. The topological polar surface area (TPSA) is 9.23 Å². The molecule has 0 heterocycles. The first-order valence-electron chi connectivity index (χ1n) is 4.28. The van der Waals surface area contributed by atoms with Crippen LogP contribution in [0.3, 0.4) is 0 Å². The lowest BCUT2D eigenvalue weighted by Gasteiger charge is -2.12. The second kappa shape index (κ2) is 6.48. The molecule has 0 bridgehead atoms. The lowest BCUT2D eigenvalue weighted by atomic mass is 10.2. The third kappa shape index (κ3) is 3.81. The molecule has 0 amide bonds. The molecular formula is C11H13F3OS. The Kier molecular flexibility index (Phi) is 6.03. The van der Waals surface area contributed by atoms with Gasteiger partial charge in [-0.3, -0.25) is 0 Å². The largest absolute Gasteiger partial charge is 0.496 e. The first-order chi connectivity index (χ1) is 7.49. The highest BCUT2D eigenvalue weighted by molar-refractivity contribution is 7.98. The Hall–Kier alpha value is -1.10. The van der Waals surface area contributed by atoms with E-state index in [0.717, 1.165) is 6.07 Å². The minimum Gasteiger partial charge on any atom is -0.496 e. The van der Waals surface area contributed by atoms with E-state index in [2.05, 4.69) is 17.9 Å². The molecule has 1 nitrogen and oxygen atoms in total. The van der Waals surface area contributed by atoms with Crippen LogP contribution in [-0.4, -0.2) is 13.4 Å². The van der Waals surface area contributed by atoms with Gasteiger partial charge in [0.15, 0.2) is 0 Å². The third-order valence-corrected chi connectivity index (χ3v) is 2.44. The summed E-state index contributed by atoms with van der Waals surface area (Å²) in [6.07, 6.45) is -2.64. The Morgan fingerprint density at radius 1 is 1.25 bits per heavy atom. The maximum Gasteiger partial charge on any atom is 0.420 e. The van der Waals surface area contributed by atoms with Gasteiger partial charge in [0.25, 0.3) is 0 Å². The standard InChI is InChI=1S/C9H9F3OS.C2H4/c1-13-8-4-3-6(14-2)5-7(8)9(10,11)12;1-2/h3-5H,1-2H3;1-2H2. The van der Waals surface area contributed by atoms with Crippen molar-refractivity contribution in [2.24, 2.45) is 0 Å². The molecule has 1 aromatic rings. The minimum atomic E-state index is -4.36. The fraction of sp³-hybridized carbons (Fsp3) is 0.273. The minimum absolute atomic E-state index is 0.143. The molecule has 0 aliphatic heterocycles. The van der Waals surface area contributed by atoms with Crippen molar-refractivity contribution in [1.29, 1.82) is 0 Å². The fourth-order valence-corrected chi connectivity index (χ4v) is 1.48. The van der Waals surface area contributed by atoms with Crippen molar-refractivity contribution in [2.75, 3.05) is 13.4 Å². The van der Waals surface area contributed by atoms with Crippen molar-refractivity contribution in [1.82, 2.24) is 0 Å². The van der Waals surface area contributed by atoms with Gasteiger partial charge < -0.3 is 4.74 Å². The number of halogens is 3. The molecule has 1 rings (SSSR count). The van der Waals surface area contributed by atoms with E-state index >= 15 is 0 Å². The molecule has 90 valence electrons. The summed E-state index contributed by atoms with van der Waals surface area (Å²) in [5, 5.41) is 0. The van der Waals surface area contributed by atoms with Gasteiger partial charge in [0.2, 0.25) is 0 Å². The molecule has 0 radical (unpaired) electrons. The zero-order chi connectivity index (χ0) is 12.8. The van der Waals surface area contributed by atoms with Crippen LogP contribution in [0.4, 0.5) is 13.2 Å². The number of alkyl halides is 3. The molecule has 0 aromatic heterocycles. The molecule has 0 spiro atoms. The molecule has 1 aromatic carbocycles. The average molecular weight is 250 g/mol. The van der Waals surface area contributed by atoms with Gasteiger partial charge in [-0.25, -0.2) is 0 Å². The van der Waals surface area contributed by atoms with Gasteiger partial charge in [0.1, 0.15) is 5.75 Å². The molecule has 0 aliphatic rings. The van der Waals surface area contributed by atoms with Gasteiger partial charge in [-0.1, -0.05) is 0 Å². The van der Waals surface area contributed by atoms with Crippen molar-refractivity contribution in [3.8, 4) is 5.75 Å². The normalized spacial score (nSPS) is 10.3. The van der Waals surface area contributed by atoms with E-state index in [9.17, 15) is 13.2 Å². The van der Waals surface area contributed by atoms with Gasteiger partial charge in [0, 0.05) is 4.90 Å². The van der Waals surface area contributed by atoms with Crippen LogP contribution in [0.25, 0.3) is 0 Å². The molecular weight excluding hydrogens is 237 g/mol. The molecule has 0 fully saturated rings. The van der Waals surface area contributed by atoms with Gasteiger partial charge in [-0.05, 0) is 24.5 Å². The summed E-state index contributed by atoms with van der Waals surface area (Å²) in [7, 11) is 1.23. The first-order valence-corrected chi connectivity index (χ1v) is 5.50. The summed E-state index contributed by atoms with van der Waals surface area (Å²) in [5.41, 5.74) is -0.730. The van der Waals surface area contributed by atoms with Crippen molar-refractivity contribution in [3.63, 3.8) is 0 Å². The van der Waals surface area contributed by atoms with Gasteiger partial charge in [-0.15, -0.1) is 24.9 Å². The Balaban J connectivity index is 0.00000106. The van der Waals surface area contributed by atoms with Crippen LogP contribution in [0.1, 0.15) is 5.56 Å². The Labute approximate surface area is 97.3 Å². The van der Waals surface area contributed by atoms with Gasteiger partial charge in [-0.2, -0.15) is 13.2 Å². The molecule has 16 heavy (non-hydrogen) atoms. The smallest absolute Gasteiger partial charge is 0.420 e. The lowest BCUT2D eigenvalue weighted by Crippen LogP contribution is -2.07. The average Bonchev–Trinajstić information content (AvgIpc) is 2.29. The van der Waals surface area contributed by atoms with Crippen molar-refractivity contribution in [2.45, 2.75) is 11.1 Å². The van der Waals surface area contributed by atoms with E-state index in [1.54, 1.807) is 12.3 Å². The Morgan fingerprint density at radius 2 is 1.81 bits per heavy atom. The fourth-order valence-electron chi connectivity index (χ4n) is 1.04. The second-order valence-corrected chi connectivity index (χ2v) is 3.44. The SMILES string of the molecule is C=C.COc1ccc(SC)cc1C(F)(F)F. The number of ether oxygens (including phenoxy) is 1. The highest BCUT2D eigenvalue weighted by Gasteiger charge is 2.34. The molecule has 0 N–H and O–H groups in total. The second-order valence-electron chi connectivity index (χ2n) is 2.56. The number of benzene rings is 1. The van der Waals surface area contributed by atoms with Gasteiger partial charge >= 0.3 is 6.18 Å². The van der Waals surface area contributed by atoms with E-state index in [1.165, 1.54) is 24.9 Å². The first kappa shape index (κ1) is 14.9. The van der Waals surface area contributed by atoms with Crippen LogP contribution in [0.2, 0.25) is 0 Å². The van der Waals surface area contributed by atoms with E-state index in [-0.39, 0.29) is 5.75 Å². The van der Waals surface area contributed by atoms with E-state index < -0.39 is 11.7 Å². The summed E-state index contributed by atoms with van der Waals surface area (Å²) in [6.45, 7) is 6.00. The quantitative estimate of drug-likeness (QED) is 0.573. The van der Waals surface area contributed by atoms with E-state index in [0.29, 0.717) is 4.90 Å². The van der Waals surface area contributed by atoms with E-state index in [4.69, 9.17) is 0 Å². The van der Waals surface area contributed by atoms with Crippen LogP contribution in [-0.2, 0) is 6.18 Å². The molecule has 0 saturated carbocycles. The van der Waals surface area contributed by atoms with Crippen LogP contribution >= 0.6 is 11.8 Å². The van der Waals surface area contributed by atoms with Crippen molar-refractivity contribution in [3.05, 3.63) is 36.9 Å². The van der Waals surface area contributed by atoms with Crippen LogP contribution < -0.4 is 4.74 Å². The number of rotatable bonds is 2. The molecule has 0 unspecified atom stereocenters. The third-order valence-electron chi connectivity index (χ3n) is 1.71. The lowest BCUT2D eigenvalue weighted by molar-refractivity contribution is -0.138. The highest BCUT2D eigenvalue weighted by Crippen LogP contribution is 2.37. The number of methoxy groups -OCH3 is 1. The zero-order valence-electron chi connectivity index (χ0n) is 9.10. The van der Waals surface area contributed by atoms with Gasteiger partial charge in [0.05, 0.1) is 12.7 Å². The molecule has 0 saturated heterocycles. The van der Waals surface area contributed by atoms with Crippen LogP contribution in [0, 0.1) is 0 Å². The Morgan fingerprint density at radius 3 is 2.19 bits per heavy atom. The van der Waals surface area contributed by atoms with Crippen LogP contribution in [0.5, 0.6) is 5.75 Å². The summed E-state index contributed by atoms with van der Waals surface area (Å²) in [4.78, 5) is 0.568. The monoisotopic (exact) mass is 250 g/mol. The molecule has 5 heteroatoms. The summed E-state index contributed by atoms with van der Waals surface area (Å²) in [6, 6.07) is 4.01. The summed E-state index contributed by atoms with van der Waals surface area (Å²) < 4.78 is 42.0. The predicted octanol–water partition coefficient (Wildman–Crippen LogP) is 4.24. The van der Waals surface area contributed by atoms with Crippen LogP contribution in [0.15, 0.2) is 36.3 Å². The van der Waals surface area contributed by atoms with Crippen molar-refractivity contribution < 1.29 is 17.9 Å². The van der Waals surface area contributed by atoms with Crippen molar-refractivity contribution >= 4 is 11.8 Å². The highest BCUT2D eigenvalue weighted by atomic mass is 32.2. The molecule has 0 aliphatic carbocycles.